The number of nitrogens with zero attached hydrogens (tertiary/aromatic N) is 3. The van der Waals surface area contributed by atoms with Gasteiger partial charge in [0.15, 0.2) is 11.5 Å². The summed E-state index contributed by atoms with van der Waals surface area (Å²) in [5.41, 5.74) is 2.94. The van der Waals surface area contributed by atoms with Crippen molar-refractivity contribution in [1.29, 1.82) is 0 Å². The minimum atomic E-state index is 0.443. The third kappa shape index (κ3) is 4.03. The minimum Gasteiger partial charge on any atom is -0.493 e. The van der Waals surface area contributed by atoms with Crippen molar-refractivity contribution in [2.24, 2.45) is 0 Å². The Kier molecular flexibility index (Phi) is 5.53. The topological polar surface area (TPSA) is 60.6 Å². The van der Waals surface area contributed by atoms with Crippen molar-refractivity contribution in [2.45, 2.75) is 13.5 Å². The van der Waals surface area contributed by atoms with E-state index in [4.69, 9.17) is 14.0 Å². The summed E-state index contributed by atoms with van der Waals surface area (Å²) >= 11 is 0. The van der Waals surface area contributed by atoms with Crippen LogP contribution in [0.15, 0.2) is 47.0 Å². The van der Waals surface area contributed by atoms with E-state index in [1.165, 1.54) is 5.56 Å². The molecule has 1 aromatic heterocycles. The smallest absolute Gasteiger partial charge is 0.258 e. The number of hydrogen-bond donors (Lipinski definition) is 0. The largest absolute Gasteiger partial charge is 0.493 e. The molecule has 0 bridgehead atoms. The summed E-state index contributed by atoms with van der Waals surface area (Å²) < 4.78 is 16.3. The van der Waals surface area contributed by atoms with Gasteiger partial charge < -0.3 is 18.9 Å². The summed E-state index contributed by atoms with van der Waals surface area (Å²) in [7, 11) is 5.70. The van der Waals surface area contributed by atoms with Crippen molar-refractivity contribution in [1.82, 2.24) is 15.0 Å². The molecule has 26 heavy (non-hydrogen) atoms. The highest BCUT2D eigenvalue weighted by atomic mass is 16.5. The van der Waals surface area contributed by atoms with Gasteiger partial charge in [-0.2, -0.15) is 4.98 Å². The Morgan fingerprint density at radius 1 is 1.00 bits per heavy atom. The molecule has 0 unspecified atom stereocenters. The quantitative estimate of drug-likeness (QED) is 0.642. The van der Waals surface area contributed by atoms with Gasteiger partial charge in [0.25, 0.3) is 5.89 Å². The first-order valence-corrected chi connectivity index (χ1v) is 8.49. The molecular weight excluding hydrogens is 330 g/mol. The molecule has 0 N–H and O–H groups in total. The Morgan fingerprint density at radius 3 is 2.38 bits per heavy atom. The molecule has 6 heteroatoms. The molecule has 3 rings (SSSR count). The molecule has 0 saturated carbocycles. The van der Waals surface area contributed by atoms with Crippen LogP contribution >= 0.6 is 0 Å². The standard InChI is InChI=1S/C20H23N3O3/c1-5-25-17-11-10-16(12-18(17)24-4)20-21-19(22-26-20)15-8-6-14(7-9-15)13-23(2)3/h6-12H,5,13H2,1-4H3. The molecule has 0 saturated heterocycles. The van der Waals surface area contributed by atoms with Gasteiger partial charge in [0, 0.05) is 17.7 Å². The van der Waals surface area contributed by atoms with Gasteiger partial charge in [-0.05, 0) is 44.8 Å². The maximum absolute atomic E-state index is 5.54. The summed E-state index contributed by atoms with van der Waals surface area (Å²) in [6.45, 7) is 3.40. The lowest BCUT2D eigenvalue weighted by atomic mass is 10.1. The maximum Gasteiger partial charge on any atom is 0.258 e. The zero-order valence-corrected chi connectivity index (χ0v) is 15.5. The van der Waals surface area contributed by atoms with Crippen LogP contribution in [0.25, 0.3) is 22.8 Å². The SMILES string of the molecule is CCOc1ccc(-c2nc(-c3ccc(CN(C)C)cc3)no2)cc1OC. The molecule has 3 aromatic rings. The van der Waals surface area contributed by atoms with Crippen LogP contribution in [0.2, 0.25) is 0 Å². The van der Waals surface area contributed by atoms with Crippen molar-refractivity contribution < 1.29 is 14.0 Å². The van der Waals surface area contributed by atoms with Gasteiger partial charge in [-0.3, -0.25) is 0 Å². The maximum atomic E-state index is 5.54. The molecule has 1 heterocycles. The molecule has 6 nitrogen and oxygen atoms in total. The fraction of sp³-hybridized carbons (Fsp3) is 0.300. The normalized spacial score (nSPS) is 11.0. The van der Waals surface area contributed by atoms with Gasteiger partial charge in [0.1, 0.15) is 0 Å². The van der Waals surface area contributed by atoms with Crippen molar-refractivity contribution in [3.05, 3.63) is 48.0 Å². The first kappa shape index (κ1) is 17.9. The average Bonchev–Trinajstić information content (AvgIpc) is 3.12. The molecule has 0 fully saturated rings. The van der Waals surface area contributed by atoms with E-state index < -0.39 is 0 Å². The van der Waals surface area contributed by atoms with E-state index in [9.17, 15) is 0 Å². The van der Waals surface area contributed by atoms with Crippen LogP contribution in [0.1, 0.15) is 12.5 Å². The molecular formula is C20H23N3O3. The monoisotopic (exact) mass is 353 g/mol. The van der Waals surface area contributed by atoms with Gasteiger partial charge in [0.2, 0.25) is 5.82 Å². The van der Waals surface area contributed by atoms with Gasteiger partial charge in [0.05, 0.1) is 13.7 Å². The number of aromatic nitrogens is 2. The van der Waals surface area contributed by atoms with Crippen molar-refractivity contribution in [3.63, 3.8) is 0 Å². The van der Waals surface area contributed by atoms with Gasteiger partial charge in [-0.1, -0.05) is 29.4 Å². The Labute approximate surface area is 153 Å². The fourth-order valence-electron chi connectivity index (χ4n) is 2.66. The minimum absolute atomic E-state index is 0.443. The van der Waals surface area contributed by atoms with Crippen LogP contribution in [-0.2, 0) is 6.54 Å². The predicted molar refractivity (Wildman–Crippen MR) is 100 cm³/mol. The van der Waals surface area contributed by atoms with E-state index in [1.54, 1.807) is 7.11 Å². The Morgan fingerprint density at radius 2 is 1.73 bits per heavy atom. The lowest BCUT2D eigenvalue weighted by Crippen LogP contribution is -2.10. The van der Waals surface area contributed by atoms with E-state index in [1.807, 2.05) is 51.4 Å². The number of hydrogen-bond acceptors (Lipinski definition) is 6. The third-order valence-electron chi connectivity index (χ3n) is 3.85. The summed E-state index contributed by atoms with van der Waals surface area (Å²) in [5.74, 6) is 2.33. The lowest BCUT2D eigenvalue weighted by molar-refractivity contribution is 0.311. The highest BCUT2D eigenvalue weighted by molar-refractivity contribution is 5.63. The Hall–Kier alpha value is -2.86. The predicted octanol–water partition coefficient (Wildman–Crippen LogP) is 3.87. The molecule has 0 aliphatic heterocycles. The first-order valence-electron chi connectivity index (χ1n) is 8.49. The van der Waals surface area contributed by atoms with Gasteiger partial charge in [-0.15, -0.1) is 0 Å². The van der Waals surface area contributed by atoms with Crippen LogP contribution in [0.3, 0.4) is 0 Å². The molecule has 0 radical (unpaired) electrons. The second-order valence-electron chi connectivity index (χ2n) is 6.16. The fourth-order valence-corrected chi connectivity index (χ4v) is 2.66. The van der Waals surface area contributed by atoms with E-state index in [-0.39, 0.29) is 0 Å². The summed E-state index contributed by atoms with van der Waals surface area (Å²) in [6.07, 6.45) is 0. The van der Waals surface area contributed by atoms with Crippen LogP contribution < -0.4 is 9.47 Å². The summed E-state index contributed by atoms with van der Waals surface area (Å²) in [6, 6.07) is 13.7. The van der Waals surface area contributed by atoms with E-state index in [0.717, 1.165) is 17.7 Å². The van der Waals surface area contributed by atoms with Gasteiger partial charge in [-0.25, -0.2) is 0 Å². The molecule has 0 atom stereocenters. The molecule has 0 aliphatic carbocycles. The average molecular weight is 353 g/mol. The van der Waals surface area contributed by atoms with Crippen LogP contribution in [0.5, 0.6) is 11.5 Å². The summed E-state index contributed by atoms with van der Waals surface area (Å²) in [5, 5.41) is 4.10. The highest BCUT2D eigenvalue weighted by Crippen LogP contribution is 2.32. The van der Waals surface area contributed by atoms with Crippen LogP contribution in [0.4, 0.5) is 0 Å². The zero-order valence-electron chi connectivity index (χ0n) is 15.5. The number of rotatable bonds is 7. The number of ether oxygens (including phenoxy) is 2. The third-order valence-corrected chi connectivity index (χ3v) is 3.85. The first-order chi connectivity index (χ1) is 12.6. The molecule has 0 aliphatic rings. The number of benzene rings is 2. The van der Waals surface area contributed by atoms with Gasteiger partial charge >= 0.3 is 0 Å². The second-order valence-corrected chi connectivity index (χ2v) is 6.16. The molecule has 2 aromatic carbocycles. The molecule has 0 spiro atoms. The van der Waals surface area contributed by atoms with Crippen LogP contribution in [0, 0.1) is 0 Å². The molecule has 0 amide bonds. The molecule has 136 valence electrons. The van der Waals surface area contributed by atoms with Crippen LogP contribution in [-0.4, -0.2) is 42.9 Å². The zero-order chi connectivity index (χ0) is 18.5. The van der Waals surface area contributed by atoms with E-state index in [2.05, 4.69) is 27.2 Å². The number of methoxy groups -OCH3 is 1. The summed E-state index contributed by atoms with van der Waals surface area (Å²) in [4.78, 5) is 6.63. The van der Waals surface area contributed by atoms with E-state index in [0.29, 0.717) is 29.8 Å². The highest BCUT2D eigenvalue weighted by Gasteiger charge is 2.13. The Bertz CT molecular complexity index is 857. The van der Waals surface area contributed by atoms with Crippen molar-refractivity contribution in [3.8, 4) is 34.3 Å². The van der Waals surface area contributed by atoms with Crippen molar-refractivity contribution in [2.75, 3.05) is 27.8 Å². The second kappa shape index (κ2) is 8.01. The van der Waals surface area contributed by atoms with Crippen molar-refractivity contribution >= 4 is 0 Å². The Balaban J connectivity index is 1.83. The lowest BCUT2D eigenvalue weighted by Gasteiger charge is -2.09. The van der Waals surface area contributed by atoms with E-state index >= 15 is 0 Å².